The first-order valence-electron chi connectivity index (χ1n) is 8.94. The largest absolute Gasteiger partial charge is 0.501 e. The van der Waals surface area contributed by atoms with Gasteiger partial charge in [0.25, 0.3) is 0 Å². The van der Waals surface area contributed by atoms with Crippen molar-refractivity contribution in [1.29, 1.82) is 10.5 Å². The molecule has 0 spiro atoms. The van der Waals surface area contributed by atoms with Crippen LogP contribution in [0.2, 0.25) is 12.1 Å². The smallest absolute Gasteiger partial charge is 0.377 e. The lowest BCUT2D eigenvalue weighted by molar-refractivity contribution is 0.0712. The third-order valence-electron chi connectivity index (χ3n) is 3.36. The van der Waals surface area contributed by atoms with Gasteiger partial charge < -0.3 is 26.6 Å². The molecule has 0 bridgehead atoms. The third-order valence-corrected chi connectivity index (χ3v) is 9.86. The molecule has 0 unspecified atom stereocenters. The van der Waals surface area contributed by atoms with Crippen LogP contribution < -0.4 is 0 Å². The molecule has 0 saturated carbocycles. The second-order valence-corrected chi connectivity index (χ2v) is 11.7. The van der Waals surface area contributed by atoms with Crippen LogP contribution in [0, 0.1) is 22.0 Å². The Morgan fingerprint density at radius 3 is 1.59 bits per heavy atom. The van der Waals surface area contributed by atoms with Crippen LogP contribution in [0.25, 0.3) is 0 Å². The van der Waals surface area contributed by atoms with Gasteiger partial charge in [-0.3, -0.25) is 0 Å². The van der Waals surface area contributed by atoms with Crippen LogP contribution in [-0.2, 0) is 26.6 Å². The predicted molar refractivity (Wildman–Crippen MR) is 110 cm³/mol. The van der Waals surface area contributed by atoms with Gasteiger partial charge in [0.2, 0.25) is 0 Å². The summed E-state index contributed by atoms with van der Waals surface area (Å²) in [4.78, 5) is 0. The van der Waals surface area contributed by atoms with Gasteiger partial charge in [-0.1, -0.05) is 0 Å². The number of rotatable bonds is 15. The van der Waals surface area contributed by atoms with E-state index in [0.717, 1.165) is 18.2 Å². The highest BCUT2D eigenvalue weighted by atomic mass is 32.2. The van der Waals surface area contributed by atoms with Gasteiger partial charge in [0, 0.05) is 65.4 Å². The first-order chi connectivity index (χ1) is 13.0. The fourth-order valence-corrected chi connectivity index (χ4v) is 6.95. The van der Waals surface area contributed by atoms with Crippen molar-refractivity contribution in [2.45, 2.75) is 45.7 Å². The van der Waals surface area contributed by atoms with E-state index >= 15 is 0 Å². The van der Waals surface area contributed by atoms with E-state index in [4.69, 9.17) is 37.1 Å². The van der Waals surface area contributed by atoms with Crippen molar-refractivity contribution in [2.24, 2.45) is 0 Å². The number of thiocyanates is 1. The molecule has 27 heavy (non-hydrogen) atoms. The van der Waals surface area contributed by atoms with Crippen molar-refractivity contribution in [3.63, 3.8) is 0 Å². The van der Waals surface area contributed by atoms with Crippen LogP contribution >= 0.6 is 11.8 Å². The van der Waals surface area contributed by atoms with Crippen LogP contribution in [0.5, 0.6) is 0 Å². The van der Waals surface area contributed by atoms with Crippen molar-refractivity contribution in [3.05, 3.63) is 0 Å². The van der Waals surface area contributed by atoms with Crippen LogP contribution in [-0.4, -0.2) is 64.5 Å². The summed E-state index contributed by atoms with van der Waals surface area (Å²) < 4.78 is 32.3. The fourth-order valence-electron chi connectivity index (χ4n) is 2.17. The normalized spacial score (nSPS) is 11.3. The van der Waals surface area contributed by atoms with Gasteiger partial charge >= 0.3 is 17.6 Å². The second kappa shape index (κ2) is 18.9. The topological polar surface area (TPSA) is 103 Å². The van der Waals surface area contributed by atoms with Crippen molar-refractivity contribution < 1.29 is 26.6 Å². The molecule has 0 rings (SSSR count). The molecule has 0 amide bonds. The van der Waals surface area contributed by atoms with E-state index in [1.165, 1.54) is 33.1 Å². The summed E-state index contributed by atoms with van der Waals surface area (Å²) in [5, 5.41) is 18.8. The van der Waals surface area contributed by atoms with Crippen LogP contribution in [0.15, 0.2) is 0 Å². The average molecular weight is 439 g/mol. The minimum Gasteiger partial charge on any atom is -0.377 e. The fraction of sp³-hybridized carbons (Fsp3) is 0.875. The van der Waals surface area contributed by atoms with Gasteiger partial charge in [0.1, 0.15) is 5.40 Å². The van der Waals surface area contributed by atoms with Gasteiger partial charge in [-0.05, 0) is 39.0 Å². The molecule has 0 saturated heterocycles. The Balaban J connectivity index is 0. The first-order valence-corrected chi connectivity index (χ1v) is 13.8. The van der Waals surface area contributed by atoms with E-state index in [2.05, 4.69) is 5.40 Å². The lowest BCUT2D eigenvalue weighted by atomic mass is 10.6. The summed E-state index contributed by atoms with van der Waals surface area (Å²) in [5.74, 6) is 0.804. The van der Waals surface area contributed by atoms with E-state index in [1.54, 1.807) is 0 Å². The number of nitriles is 2. The Hall–Kier alpha value is -0.476. The molecule has 0 aromatic rings. The summed E-state index contributed by atoms with van der Waals surface area (Å²) in [5.41, 5.74) is 0. The Bertz CT molecular complexity index is 405. The van der Waals surface area contributed by atoms with E-state index in [1.807, 2.05) is 26.8 Å². The highest BCUT2D eigenvalue weighted by molar-refractivity contribution is 8.03. The molecule has 8 nitrogen and oxygen atoms in total. The lowest BCUT2D eigenvalue weighted by Gasteiger charge is -2.28. The molecule has 0 heterocycles. The zero-order valence-electron chi connectivity index (χ0n) is 17.4. The van der Waals surface area contributed by atoms with E-state index in [9.17, 15) is 0 Å². The van der Waals surface area contributed by atoms with Crippen molar-refractivity contribution in [1.82, 2.24) is 0 Å². The molecule has 158 valence electrons. The maximum Gasteiger partial charge on any atom is 0.501 e. The van der Waals surface area contributed by atoms with Crippen LogP contribution in [0.1, 0.15) is 33.6 Å². The van der Waals surface area contributed by atoms with Crippen LogP contribution in [0.4, 0.5) is 0 Å². The molecule has 0 aliphatic heterocycles. The minimum atomic E-state index is -2.47. The summed E-state index contributed by atoms with van der Waals surface area (Å²) in [6.45, 7) is 7.67. The molecular formula is C16H34N2O6SSi2. The maximum absolute atomic E-state index is 8.44. The van der Waals surface area contributed by atoms with Crippen LogP contribution in [0.3, 0.4) is 0 Å². The first kappa shape index (κ1) is 28.7. The Morgan fingerprint density at radius 1 is 0.778 bits per heavy atom. The maximum atomic E-state index is 8.44. The van der Waals surface area contributed by atoms with Crippen molar-refractivity contribution in [2.75, 3.05) is 46.9 Å². The van der Waals surface area contributed by atoms with E-state index in [0.29, 0.717) is 32.3 Å². The summed E-state index contributed by atoms with van der Waals surface area (Å²) >= 11 is 1.26. The Morgan fingerprint density at radius 2 is 1.26 bits per heavy atom. The molecule has 0 atom stereocenters. The Labute approximate surface area is 170 Å². The highest BCUT2D eigenvalue weighted by Crippen LogP contribution is 2.19. The van der Waals surface area contributed by atoms with Gasteiger partial charge in [0.15, 0.2) is 0 Å². The predicted octanol–water partition coefficient (Wildman–Crippen LogP) is 3.42. The second-order valence-electron chi connectivity index (χ2n) is 4.98. The molecule has 0 N–H and O–H groups in total. The highest BCUT2D eigenvalue weighted by Gasteiger charge is 2.39. The quantitative estimate of drug-likeness (QED) is 0.216. The molecule has 0 aliphatic rings. The molecular weight excluding hydrogens is 404 g/mol. The summed E-state index contributed by atoms with van der Waals surface area (Å²) in [6, 6.07) is 3.36. The molecule has 11 heteroatoms. The van der Waals surface area contributed by atoms with Gasteiger partial charge in [0.05, 0.1) is 6.07 Å². The zero-order valence-corrected chi connectivity index (χ0v) is 20.2. The number of hydrogen-bond donors (Lipinski definition) is 0. The molecule has 0 radical (unpaired) electrons. The standard InChI is InChI=1S/C10H21NO3SSi.C6H13NO3Si/c1-4-12-16(13-5-2,14-6-3)9-7-8-15-10-11;1-8-11(9-2,10-3)6-4-5-7/h4-9H2,1-3H3;4,6H2,1-3H3. The summed E-state index contributed by atoms with van der Waals surface area (Å²) in [7, 11) is -0.314. The van der Waals surface area contributed by atoms with Gasteiger partial charge in [-0.15, -0.1) is 0 Å². The SMILES string of the molecule is CCO[Si](CCCSC#N)(OCC)OCC.CO[Si](CCC#N)(OC)OC. The lowest BCUT2D eigenvalue weighted by Crippen LogP contribution is -2.46. The monoisotopic (exact) mass is 438 g/mol. The molecule has 0 fully saturated rings. The molecule has 0 aromatic heterocycles. The average Bonchev–Trinajstić information content (AvgIpc) is 2.68. The van der Waals surface area contributed by atoms with Gasteiger partial charge in [-0.2, -0.15) is 10.5 Å². The zero-order chi connectivity index (χ0) is 21.0. The van der Waals surface area contributed by atoms with Crippen molar-refractivity contribution >= 4 is 29.4 Å². The van der Waals surface area contributed by atoms with Gasteiger partial charge in [-0.25, -0.2) is 0 Å². The van der Waals surface area contributed by atoms with E-state index in [-0.39, 0.29) is 0 Å². The minimum absolute atomic E-state index is 0.405. The third kappa shape index (κ3) is 13.4. The Kier molecular flexibility index (Phi) is 20.1. The number of thioether (sulfide) groups is 1. The van der Waals surface area contributed by atoms with Crippen molar-refractivity contribution in [3.8, 4) is 11.5 Å². The number of hydrogen-bond acceptors (Lipinski definition) is 9. The molecule has 0 aromatic carbocycles. The summed E-state index contributed by atoms with van der Waals surface area (Å²) in [6.07, 6.45) is 1.30. The number of nitrogens with zero attached hydrogens (tertiary/aromatic N) is 2. The molecule has 0 aliphatic carbocycles. The van der Waals surface area contributed by atoms with E-state index < -0.39 is 17.6 Å².